The van der Waals surface area contributed by atoms with Crippen LogP contribution in [0.1, 0.15) is 52.1 Å². The molecule has 6 heteroatoms. The Kier molecular flexibility index (Phi) is 6.18. The molecule has 1 fully saturated rings. The highest BCUT2D eigenvalue weighted by molar-refractivity contribution is 7.90. The van der Waals surface area contributed by atoms with Gasteiger partial charge in [0.05, 0.1) is 10.4 Å². The van der Waals surface area contributed by atoms with E-state index in [-0.39, 0.29) is 6.04 Å². The van der Waals surface area contributed by atoms with Gasteiger partial charge in [0.25, 0.3) is 0 Å². The molecule has 0 amide bonds. The molecule has 0 bridgehead atoms. The summed E-state index contributed by atoms with van der Waals surface area (Å²) in [6.07, 6.45) is 5.79. The second-order valence-corrected chi connectivity index (χ2v) is 11.0. The van der Waals surface area contributed by atoms with Crippen LogP contribution in [0.15, 0.2) is 36.5 Å². The van der Waals surface area contributed by atoms with Crippen LogP contribution < -0.4 is 10.0 Å². The van der Waals surface area contributed by atoms with E-state index in [0.29, 0.717) is 5.92 Å². The maximum absolute atomic E-state index is 12.3. The van der Waals surface area contributed by atoms with Crippen LogP contribution in [-0.2, 0) is 16.6 Å². The van der Waals surface area contributed by atoms with Crippen molar-refractivity contribution in [1.82, 2.24) is 15.0 Å². The number of nitrogens with one attached hydrogen (secondary N) is 2. The molecule has 27 heavy (non-hydrogen) atoms. The van der Waals surface area contributed by atoms with E-state index >= 15 is 0 Å². The molecule has 0 saturated heterocycles. The van der Waals surface area contributed by atoms with Gasteiger partial charge in [0.1, 0.15) is 0 Å². The van der Waals surface area contributed by atoms with Crippen molar-refractivity contribution >= 4 is 20.8 Å². The highest BCUT2D eigenvalue weighted by Gasteiger charge is 2.32. The highest BCUT2D eigenvalue weighted by Crippen LogP contribution is 2.26. The van der Waals surface area contributed by atoms with E-state index in [1.807, 2.05) is 24.4 Å². The second kappa shape index (κ2) is 8.25. The van der Waals surface area contributed by atoms with Crippen molar-refractivity contribution < 1.29 is 8.42 Å². The molecule has 1 aliphatic carbocycles. The molecule has 3 rings (SSSR count). The van der Waals surface area contributed by atoms with Gasteiger partial charge in [-0.15, -0.1) is 0 Å². The molecule has 1 aromatic heterocycles. The molecule has 5 nitrogen and oxygen atoms in total. The molecule has 1 aromatic carbocycles. The Hall–Kier alpha value is -1.50. The van der Waals surface area contributed by atoms with Gasteiger partial charge in [-0.3, -0.25) is 4.98 Å². The van der Waals surface area contributed by atoms with Gasteiger partial charge in [0.2, 0.25) is 10.0 Å². The predicted molar refractivity (Wildman–Crippen MR) is 111 cm³/mol. The molecule has 2 aromatic rings. The Balaban J connectivity index is 1.46. The number of aromatic nitrogens is 1. The summed E-state index contributed by atoms with van der Waals surface area (Å²) < 4.78 is 26.8. The fourth-order valence-electron chi connectivity index (χ4n) is 3.60. The van der Waals surface area contributed by atoms with Gasteiger partial charge >= 0.3 is 0 Å². The third-order valence-corrected chi connectivity index (χ3v) is 7.71. The van der Waals surface area contributed by atoms with Crippen molar-refractivity contribution in [1.29, 1.82) is 0 Å². The number of sulfonamides is 1. The standard InChI is InChI=1S/C21H31N3O2S/c1-21(2,3)27(25,26)24-18-10-8-16(9-11-18)14-22-15-20-19-7-5-4-6-17(19)12-13-23-20/h4-7,12-13,16,18,22,24H,8-11,14-15H2,1-3H3/t16-,18-. The van der Waals surface area contributed by atoms with Crippen LogP contribution in [-0.4, -0.2) is 30.7 Å². The molecule has 0 spiro atoms. The number of rotatable bonds is 6. The Morgan fingerprint density at radius 2 is 1.78 bits per heavy atom. The number of hydrogen-bond donors (Lipinski definition) is 2. The number of hydrogen-bond acceptors (Lipinski definition) is 4. The van der Waals surface area contributed by atoms with Crippen molar-refractivity contribution in [2.45, 2.75) is 63.8 Å². The van der Waals surface area contributed by atoms with E-state index in [1.165, 1.54) is 10.8 Å². The van der Waals surface area contributed by atoms with Gasteiger partial charge in [0.15, 0.2) is 0 Å². The van der Waals surface area contributed by atoms with Crippen molar-refractivity contribution in [3.63, 3.8) is 0 Å². The molecular weight excluding hydrogens is 358 g/mol. The molecule has 0 atom stereocenters. The zero-order valence-electron chi connectivity index (χ0n) is 16.5. The maximum atomic E-state index is 12.3. The number of benzene rings is 1. The average Bonchev–Trinajstić information content (AvgIpc) is 2.62. The Morgan fingerprint density at radius 3 is 2.48 bits per heavy atom. The van der Waals surface area contributed by atoms with Gasteiger partial charge in [-0.25, -0.2) is 13.1 Å². The summed E-state index contributed by atoms with van der Waals surface area (Å²) in [6.45, 7) is 6.94. The quantitative estimate of drug-likeness (QED) is 0.792. The third kappa shape index (κ3) is 5.06. The summed E-state index contributed by atoms with van der Waals surface area (Å²) in [5.74, 6) is 0.593. The summed E-state index contributed by atoms with van der Waals surface area (Å²) in [5, 5.41) is 5.97. The lowest BCUT2D eigenvalue weighted by molar-refractivity contribution is 0.301. The molecule has 0 unspecified atom stereocenters. The van der Waals surface area contributed by atoms with Gasteiger partial charge in [-0.2, -0.15) is 0 Å². The summed E-state index contributed by atoms with van der Waals surface area (Å²) in [7, 11) is -3.26. The Bertz CT molecular complexity index is 861. The lowest BCUT2D eigenvalue weighted by Crippen LogP contribution is -2.46. The Labute approximate surface area is 163 Å². The van der Waals surface area contributed by atoms with E-state index in [2.05, 4.69) is 27.2 Å². The van der Waals surface area contributed by atoms with Gasteiger partial charge < -0.3 is 5.32 Å². The smallest absolute Gasteiger partial charge is 0.216 e. The van der Waals surface area contributed by atoms with Crippen molar-refractivity contribution in [2.75, 3.05) is 6.54 Å². The van der Waals surface area contributed by atoms with Crippen LogP contribution in [0.4, 0.5) is 0 Å². The van der Waals surface area contributed by atoms with Gasteiger partial charge in [-0.1, -0.05) is 24.3 Å². The zero-order valence-corrected chi connectivity index (χ0v) is 17.3. The fraction of sp³-hybridized carbons (Fsp3) is 0.571. The molecule has 0 aliphatic heterocycles. The number of nitrogens with zero attached hydrogens (tertiary/aromatic N) is 1. The topological polar surface area (TPSA) is 71.1 Å². The largest absolute Gasteiger partial charge is 0.311 e. The van der Waals surface area contributed by atoms with Crippen LogP contribution in [0.2, 0.25) is 0 Å². The van der Waals surface area contributed by atoms with Crippen molar-refractivity contribution in [2.24, 2.45) is 5.92 Å². The predicted octanol–water partition coefficient (Wildman–Crippen LogP) is 3.60. The first-order valence-electron chi connectivity index (χ1n) is 9.81. The number of fused-ring (bicyclic) bond motifs is 1. The van der Waals surface area contributed by atoms with E-state index in [1.54, 1.807) is 20.8 Å². The first-order chi connectivity index (χ1) is 12.8. The van der Waals surface area contributed by atoms with Crippen molar-refractivity contribution in [3.8, 4) is 0 Å². The minimum absolute atomic E-state index is 0.0743. The van der Waals surface area contributed by atoms with Crippen LogP contribution in [0.3, 0.4) is 0 Å². The van der Waals surface area contributed by atoms with E-state index < -0.39 is 14.8 Å². The SMILES string of the molecule is CC(C)(C)S(=O)(=O)N[C@H]1CC[C@H](CNCc2nccc3ccccc23)CC1. The summed E-state index contributed by atoms with van der Waals surface area (Å²) in [6, 6.07) is 10.4. The van der Waals surface area contributed by atoms with E-state index in [0.717, 1.165) is 44.5 Å². The monoisotopic (exact) mass is 389 g/mol. The lowest BCUT2D eigenvalue weighted by Gasteiger charge is -2.31. The normalized spacial score (nSPS) is 21.4. The minimum Gasteiger partial charge on any atom is -0.311 e. The molecule has 1 heterocycles. The van der Waals surface area contributed by atoms with E-state index in [4.69, 9.17) is 0 Å². The third-order valence-electron chi connectivity index (χ3n) is 5.46. The van der Waals surface area contributed by atoms with Crippen LogP contribution in [0, 0.1) is 5.92 Å². The first-order valence-corrected chi connectivity index (χ1v) is 11.3. The average molecular weight is 390 g/mol. The fourth-order valence-corrected chi connectivity index (χ4v) is 4.63. The molecule has 0 radical (unpaired) electrons. The molecule has 148 valence electrons. The summed E-state index contributed by atoms with van der Waals surface area (Å²) >= 11 is 0. The van der Waals surface area contributed by atoms with Crippen LogP contribution >= 0.6 is 0 Å². The molecule has 1 aliphatic rings. The zero-order chi connectivity index (χ0) is 19.5. The molecule has 1 saturated carbocycles. The molecule has 2 N–H and O–H groups in total. The van der Waals surface area contributed by atoms with E-state index in [9.17, 15) is 8.42 Å². The van der Waals surface area contributed by atoms with Crippen LogP contribution in [0.25, 0.3) is 10.8 Å². The second-order valence-electron chi connectivity index (χ2n) is 8.56. The van der Waals surface area contributed by atoms with Crippen LogP contribution in [0.5, 0.6) is 0 Å². The lowest BCUT2D eigenvalue weighted by atomic mass is 9.86. The Morgan fingerprint density at radius 1 is 1.07 bits per heavy atom. The van der Waals surface area contributed by atoms with Gasteiger partial charge in [-0.05, 0) is 70.4 Å². The highest BCUT2D eigenvalue weighted by atomic mass is 32.2. The minimum atomic E-state index is -3.26. The summed E-state index contributed by atoms with van der Waals surface area (Å²) in [4.78, 5) is 4.53. The van der Waals surface area contributed by atoms with Gasteiger partial charge in [0, 0.05) is 24.2 Å². The maximum Gasteiger partial charge on any atom is 0.216 e. The molecular formula is C21H31N3O2S. The first kappa shape index (κ1) is 20.2. The number of pyridine rings is 1. The summed E-state index contributed by atoms with van der Waals surface area (Å²) in [5.41, 5.74) is 1.08. The van der Waals surface area contributed by atoms with Crippen molar-refractivity contribution in [3.05, 3.63) is 42.2 Å².